The summed E-state index contributed by atoms with van der Waals surface area (Å²) in [5.41, 5.74) is -1.84. The number of nitrogens with zero attached hydrogens (tertiary/aromatic N) is 1. The van der Waals surface area contributed by atoms with Crippen molar-refractivity contribution >= 4 is 0 Å². The number of halogens is 4. The Kier molecular flexibility index (Phi) is 3.54. The molecule has 1 atom stereocenters. The molecule has 0 bridgehead atoms. The third-order valence-electron chi connectivity index (χ3n) is 2.01. The zero-order valence-corrected chi connectivity index (χ0v) is 8.24. The molecule has 0 radical (unpaired) electrons. The Hall–Kier alpha value is -1.86. The van der Waals surface area contributed by atoms with Crippen LogP contribution in [0.5, 0.6) is 0 Å². The number of alkyl halides is 4. The van der Waals surface area contributed by atoms with Gasteiger partial charge in [-0.05, 0) is 18.1 Å². The molecule has 0 spiro atoms. The van der Waals surface area contributed by atoms with Gasteiger partial charge in [-0.2, -0.15) is 13.2 Å². The number of nitro groups is 1. The van der Waals surface area contributed by atoms with E-state index in [1.54, 1.807) is 0 Å². The minimum absolute atomic E-state index is 0.217. The highest BCUT2D eigenvalue weighted by atomic mass is 19.4. The molecule has 0 aliphatic heterocycles. The largest absolute Gasteiger partial charge is 0.502 e. The van der Waals surface area contributed by atoms with E-state index in [1.165, 1.54) is 0 Å². The number of aliphatic hydroxyl groups is 1. The second-order valence-corrected chi connectivity index (χ2v) is 3.22. The van der Waals surface area contributed by atoms with E-state index in [1.807, 2.05) is 0 Å². The summed E-state index contributed by atoms with van der Waals surface area (Å²) in [6.07, 6.45) is -6.50. The van der Waals surface area contributed by atoms with E-state index in [0.717, 1.165) is 12.2 Å². The second-order valence-electron chi connectivity index (χ2n) is 3.22. The van der Waals surface area contributed by atoms with E-state index < -0.39 is 34.3 Å². The maximum absolute atomic E-state index is 13.0. The third-order valence-corrected chi connectivity index (χ3v) is 2.01. The molecule has 1 N–H and O–H groups in total. The van der Waals surface area contributed by atoms with Crippen molar-refractivity contribution in [1.29, 1.82) is 0 Å². The molecule has 0 aromatic rings. The van der Waals surface area contributed by atoms with Gasteiger partial charge >= 0.3 is 11.9 Å². The Morgan fingerprint density at radius 3 is 2.47 bits per heavy atom. The Morgan fingerprint density at radius 2 is 2.00 bits per heavy atom. The van der Waals surface area contributed by atoms with Crippen molar-refractivity contribution in [3.8, 4) is 0 Å². The maximum Gasteiger partial charge on any atom is 0.423 e. The van der Waals surface area contributed by atoms with Crippen LogP contribution in [0.15, 0.2) is 35.3 Å². The standard InChI is InChI=1S/C9H7F4NO3/c10-8(9(11,12)13)5-2-1-3-7(15)6(4-5)14(16)17/h2-4,8,15H,1H2. The molecule has 1 aliphatic rings. The molecule has 0 aromatic heterocycles. The smallest absolute Gasteiger partial charge is 0.423 e. The van der Waals surface area contributed by atoms with Crippen molar-refractivity contribution in [2.24, 2.45) is 0 Å². The quantitative estimate of drug-likeness (QED) is 0.467. The Balaban J connectivity index is 3.12. The molecular weight excluding hydrogens is 246 g/mol. The molecule has 0 saturated carbocycles. The molecule has 1 unspecified atom stereocenters. The summed E-state index contributed by atoms with van der Waals surface area (Å²) in [5.74, 6) is -0.782. The Bertz CT molecular complexity index is 422. The molecule has 1 aliphatic carbocycles. The van der Waals surface area contributed by atoms with Gasteiger partial charge in [-0.3, -0.25) is 10.1 Å². The van der Waals surface area contributed by atoms with Gasteiger partial charge in [0.1, 0.15) is 0 Å². The number of hydrogen-bond acceptors (Lipinski definition) is 3. The van der Waals surface area contributed by atoms with Gasteiger partial charge in [-0.15, -0.1) is 0 Å². The summed E-state index contributed by atoms with van der Waals surface area (Å²) >= 11 is 0. The normalized spacial score (nSPS) is 18.7. The summed E-state index contributed by atoms with van der Waals surface area (Å²) in [5, 5.41) is 19.6. The van der Waals surface area contributed by atoms with Crippen molar-refractivity contribution < 1.29 is 27.6 Å². The molecule has 94 valence electrons. The van der Waals surface area contributed by atoms with Crippen LogP contribution in [0.4, 0.5) is 17.6 Å². The van der Waals surface area contributed by atoms with Crippen LogP contribution < -0.4 is 0 Å². The highest BCUT2D eigenvalue weighted by Gasteiger charge is 2.43. The van der Waals surface area contributed by atoms with Crippen LogP contribution >= 0.6 is 0 Å². The molecule has 0 fully saturated rings. The van der Waals surface area contributed by atoms with Crippen LogP contribution in [0.3, 0.4) is 0 Å². The minimum atomic E-state index is -5.13. The van der Waals surface area contributed by atoms with Crippen LogP contribution in [0.25, 0.3) is 0 Å². The van der Waals surface area contributed by atoms with Crippen molar-refractivity contribution in [3.05, 3.63) is 45.4 Å². The number of allylic oxidation sites excluding steroid dienone is 4. The summed E-state index contributed by atoms with van der Waals surface area (Å²) in [6.45, 7) is 0. The lowest BCUT2D eigenvalue weighted by molar-refractivity contribution is -0.423. The zero-order valence-electron chi connectivity index (χ0n) is 8.24. The fourth-order valence-corrected chi connectivity index (χ4v) is 1.21. The van der Waals surface area contributed by atoms with Gasteiger partial charge < -0.3 is 5.11 Å². The van der Waals surface area contributed by atoms with Crippen LogP contribution in [-0.2, 0) is 0 Å². The van der Waals surface area contributed by atoms with Crippen LogP contribution in [0.1, 0.15) is 6.42 Å². The van der Waals surface area contributed by atoms with Gasteiger partial charge in [0.25, 0.3) is 0 Å². The lowest BCUT2D eigenvalue weighted by Crippen LogP contribution is -2.26. The average molecular weight is 253 g/mol. The average Bonchev–Trinajstić information content (AvgIpc) is 2.37. The van der Waals surface area contributed by atoms with Crippen molar-refractivity contribution in [3.63, 3.8) is 0 Å². The van der Waals surface area contributed by atoms with E-state index in [0.29, 0.717) is 6.08 Å². The van der Waals surface area contributed by atoms with Gasteiger partial charge in [-0.1, -0.05) is 6.08 Å². The second kappa shape index (κ2) is 4.56. The van der Waals surface area contributed by atoms with Crippen LogP contribution in [0.2, 0.25) is 0 Å². The van der Waals surface area contributed by atoms with Crippen molar-refractivity contribution in [1.82, 2.24) is 0 Å². The lowest BCUT2D eigenvalue weighted by Gasteiger charge is -2.12. The summed E-state index contributed by atoms with van der Waals surface area (Å²) < 4.78 is 49.3. The van der Waals surface area contributed by atoms with Crippen LogP contribution in [0, 0.1) is 10.1 Å². The molecule has 0 amide bonds. The summed E-state index contributed by atoms with van der Waals surface area (Å²) in [6, 6.07) is 0. The lowest BCUT2D eigenvalue weighted by atomic mass is 10.1. The molecule has 1 rings (SSSR count). The monoisotopic (exact) mass is 253 g/mol. The van der Waals surface area contributed by atoms with E-state index in [4.69, 9.17) is 5.11 Å². The van der Waals surface area contributed by atoms with E-state index in [2.05, 4.69) is 0 Å². The number of hydrogen-bond donors (Lipinski definition) is 1. The van der Waals surface area contributed by atoms with Gasteiger partial charge in [0.05, 0.1) is 4.92 Å². The Labute approximate surface area is 92.7 Å². The summed E-state index contributed by atoms with van der Waals surface area (Å²) in [4.78, 5) is 9.37. The van der Waals surface area contributed by atoms with E-state index in [-0.39, 0.29) is 6.42 Å². The number of aliphatic hydroxyl groups excluding tert-OH is 1. The fourth-order valence-electron chi connectivity index (χ4n) is 1.21. The van der Waals surface area contributed by atoms with Gasteiger partial charge in [0, 0.05) is 6.08 Å². The summed E-state index contributed by atoms with van der Waals surface area (Å²) in [7, 11) is 0. The van der Waals surface area contributed by atoms with E-state index in [9.17, 15) is 27.7 Å². The number of rotatable bonds is 2. The first-order valence-electron chi connectivity index (χ1n) is 4.40. The van der Waals surface area contributed by atoms with Gasteiger partial charge in [0.15, 0.2) is 5.76 Å². The molecule has 17 heavy (non-hydrogen) atoms. The topological polar surface area (TPSA) is 63.4 Å². The Morgan fingerprint density at radius 1 is 1.41 bits per heavy atom. The zero-order chi connectivity index (χ0) is 13.2. The fraction of sp³-hybridized carbons (Fsp3) is 0.333. The SMILES string of the molecule is O=[N+]([O-])C1=CC(C(F)C(F)(F)F)=CCC=C1O. The van der Waals surface area contributed by atoms with Gasteiger partial charge in [0.2, 0.25) is 6.17 Å². The maximum atomic E-state index is 13.0. The van der Waals surface area contributed by atoms with Crippen molar-refractivity contribution in [2.75, 3.05) is 0 Å². The molecule has 0 aromatic carbocycles. The molecule has 0 saturated heterocycles. The molecule has 8 heteroatoms. The first-order valence-corrected chi connectivity index (χ1v) is 4.40. The molecule has 0 heterocycles. The highest BCUT2D eigenvalue weighted by molar-refractivity contribution is 5.35. The third kappa shape index (κ3) is 3.05. The van der Waals surface area contributed by atoms with E-state index >= 15 is 0 Å². The first-order chi connectivity index (χ1) is 7.73. The minimum Gasteiger partial charge on any atom is -0.502 e. The van der Waals surface area contributed by atoms with Gasteiger partial charge in [-0.25, -0.2) is 4.39 Å². The van der Waals surface area contributed by atoms with Crippen molar-refractivity contribution in [2.45, 2.75) is 18.8 Å². The highest BCUT2D eigenvalue weighted by Crippen LogP contribution is 2.31. The molecule has 4 nitrogen and oxygen atoms in total. The predicted octanol–water partition coefficient (Wildman–Crippen LogP) is 2.82. The first kappa shape index (κ1) is 13.2. The van der Waals surface area contributed by atoms with Crippen LogP contribution in [-0.4, -0.2) is 22.4 Å². The molecular formula is C9H7F4NO3. The predicted molar refractivity (Wildman–Crippen MR) is 49.4 cm³/mol.